The summed E-state index contributed by atoms with van der Waals surface area (Å²) in [5.41, 5.74) is 0.812. The standard InChI is InChI=1S/C22H24FN3O/c23-19-4-2-1-3-18(19)21(27)25-17-5-6-20(24-13-17)26-22-10-14-7-15(11-22)9-16(8-14)12-22/h1-6,13-16H,7-12H2,(H,24,26)(H,25,27). The fraction of sp³-hybridized carbons (Fsp3) is 0.455. The third-order valence-corrected chi connectivity index (χ3v) is 6.57. The summed E-state index contributed by atoms with van der Waals surface area (Å²) >= 11 is 0. The van der Waals surface area contributed by atoms with Gasteiger partial charge in [0.05, 0.1) is 17.4 Å². The topological polar surface area (TPSA) is 54.0 Å². The maximum Gasteiger partial charge on any atom is 0.258 e. The molecule has 5 heteroatoms. The van der Waals surface area contributed by atoms with E-state index in [2.05, 4.69) is 15.6 Å². The zero-order valence-corrected chi connectivity index (χ0v) is 15.2. The summed E-state index contributed by atoms with van der Waals surface area (Å²) in [6, 6.07) is 9.71. The average Bonchev–Trinajstić information content (AvgIpc) is 2.62. The van der Waals surface area contributed by atoms with Gasteiger partial charge in [-0.3, -0.25) is 4.79 Å². The number of nitrogens with zero attached hydrogens (tertiary/aromatic N) is 1. The second-order valence-electron chi connectivity index (χ2n) is 8.69. The SMILES string of the molecule is O=C(Nc1ccc(NC23CC4CC(CC(C4)C2)C3)nc1)c1ccccc1F. The van der Waals surface area contributed by atoms with Crippen molar-refractivity contribution < 1.29 is 9.18 Å². The van der Waals surface area contributed by atoms with Crippen molar-refractivity contribution >= 4 is 17.4 Å². The minimum atomic E-state index is -0.525. The Labute approximate surface area is 158 Å². The molecule has 140 valence electrons. The third-order valence-electron chi connectivity index (χ3n) is 6.57. The van der Waals surface area contributed by atoms with E-state index in [-0.39, 0.29) is 11.1 Å². The van der Waals surface area contributed by atoms with E-state index in [1.54, 1.807) is 18.3 Å². The Morgan fingerprint density at radius 3 is 2.26 bits per heavy atom. The Morgan fingerprint density at radius 2 is 1.67 bits per heavy atom. The lowest BCUT2D eigenvalue weighted by Crippen LogP contribution is -2.54. The Kier molecular flexibility index (Phi) is 3.92. The van der Waals surface area contributed by atoms with E-state index in [1.807, 2.05) is 12.1 Å². The maximum atomic E-state index is 13.7. The van der Waals surface area contributed by atoms with Crippen LogP contribution in [0, 0.1) is 23.6 Å². The van der Waals surface area contributed by atoms with Gasteiger partial charge in [0.15, 0.2) is 0 Å². The molecule has 4 aliphatic carbocycles. The van der Waals surface area contributed by atoms with Gasteiger partial charge in [0, 0.05) is 5.54 Å². The number of rotatable bonds is 4. The first-order valence-corrected chi connectivity index (χ1v) is 9.89. The lowest BCUT2D eigenvalue weighted by Gasteiger charge is -2.57. The zero-order valence-electron chi connectivity index (χ0n) is 15.2. The van der Waals surface area contributed by atoms with Crippen LogP contribution in [-0.2, 0) is 0 Å². The summed E-state index contributed by atoms with van der Waals surface area (Å²) < 4.78 is 13.7. The van der Waals surface area contributed by atoms with Crippen molar-refractivity contribution in [1.29, 1.82) is 0 Å². The van der Waals surface area contributed by atoms with E-state index < -0.39 is 11.7 Å². The fourth-order valence-corrected chi connectivity index (χ4v) is 5.92. The Morgan fingerprint density at radius 1 is 1.00 bits per heavy atom. The number of hydrogen-bond acceptors (Lipinski definition) is 3. The van der Waals surface area contributed by atoms with Crippen LogP contribution >= 0.6 is 0 Å². The summed E-state index contributed by atoms with van der Waals surface area (Å²) in [6.45, 7) is 0. The van der Waals surface area contributed by atoms with Crippen molar-refractivity contribution in [3.05, 3.63) is 54.0 Å². The molecule has 1 aromatic heterocycles. The summed E-state index contributed by atoms with van der Waals surface area (Å²) in [6.07, 6.45) is 9.65. The van der Waals surface area contributed by atoms with E-state index >= 15 is 0 Å². The molecule has 1 amide bonds. The number of benzene rings is 1. The molecule has 4 nitrogen and oxygen atoms in total. The zero-order chi connectivity index (χ0) is 18.4. The van der Waals surface area contributed by atoms with Crippen LogP contribution in [0.1, 0.15) is 48.9 Å². The molecule has 0 atom stereocenters. The van der Waals surface area contributed by atoms with Gasteiger partial charge < -0.3 is 10.6 Å². The first-order chi connectivity index (χ1) is 13.1. The predicted molar refractivity (Wildman–Crippen MR) is 103 cm³/mol. The van der Waals surface area contributed by atoms with Crippen molar-refractivity contribution in [2.24, 2.45) is 17.8 Å². The van der Waals surface area contributed by atoms with E-state index in [4.69, 9.17) is 0 Å². The minimum Gasteiger partial charge on any atom is -0.365 e. The highest BCUT2D eigenvalue weighted by atomic mass is 19.1. The van der Waals surface area contributed by atoms with Crippen LogP contribution in [0.5, 0.6) is 0 Å². The predicted octanol–water partition coefficient (Wildman–Crippen LogP) is 4.85. The lowest BCUT2D eigenvalue weighted by molar-refractivity contribution is 0.0105. The van der Waals surface area contributed by atoms with Crippen LogP contribution in [0.15, 0.2) is 42.6 Å². The number of aromatic nitrogens is 1. The summed E-state index contributed by atoms with van der Waals surface area (Å²) in [7, 11) is 0. The molecule has 1 heterocycles. The normalized spacial score (nSPS) is 30.9. The number of amides is 1. The number of pyridine rings is 1. The van der Waals surface area contributed by atoms with Crippen molar-refractivity contribution in [3.63, 3.8) is 0 Å². The Balaban J connectivity index is 1.27. The highest BCUT2D eigenvalue weighted by molar-refractivity contribution is 6.04. The molecule has 6 rings (SSSR count). The third kappa shape index (κ3) is 3.20. The average molecular weight is 365 g/mol. The van der Waals surface area contributed by atoms with E-state index in [0.29, 0.717) is 5.69 Å². The van der Waals surface area contributed by atoms with Crippen molar-refractivity contribution in [2.45, 2.75) is 44.1 Å². The molecular weight excluding hydrogens is 341 g/mol. The molecule has 0 unspecified atom stereocenters. The number of anilines is 2. The van der Waals surface area contributed by atoms with Gasteiger partial charge in [-0.2, -0.15) is 0 Å². The first-order valence-electron chi connectivity index (χ1n) is 9.89. The number of halogens is 1. The van der Waals surface area contributed by atoms with Crippen LogP contribution in [0.4, 0.5) is 15.9 Å². The molecule has 4 bridgehead atoms. The van der Waals surface area contributed by atoms with Gasteiger partial charge in [0.25, 0.3) is 5.91 Å². The Bertz CT molecular complexity index is 829. The molecule has 2 N–H and O–H groups in total. The molecule has 1 aromatic carbocycles. The molecule has 0 spiro atoms. The number of nitrogens with one attached hydrogen (secondary N) is 2. The van der Waals surface area contributed by atoms with E-state index in [1.165, 1.54) is 50.7 Å². The molecule has 0 radical (unpaired) electrons. The molecular formula is C22H24FN3O. The second kappa shape index (κ2) is 6.32. The molecule has 0 saturated heterocycles. The molecule has 4 fully saturated rings. The summed E-state index contributed by atoms with van der Waals surface area (Å²) in [5, 5.41) is 6.44. The van der Waals surface area contributed by atoms with Crippen LogP contribution in [0.25, 0.3) is 0 Å². The van der Waals surface area contributed by atoms with Gasteiger partial charge in [0.2, 0.25) is 0 Å². The van der Waals surface area contributed by atoms with Gasteiger partial charge in [-0.1, -0.05) is 12.1 Å². The van der Waals surface area contributed by atoms with E-state index in [9.17, 15) is 9.18 Å². The monoisotopic (exact) mass is 365 g/mol. The number of carbonyl (C=O) groups excluding carboxylic acids is 1. The second-order valence-corrected chi connectivity index (χ2v) is 8.69. The van der Waals surface area contributed by atoms with Crippen molar-refractivity contribution in [2.75, 3.05) is 10.6 Å². The fourth-order valence-electron chi connectivity index (χ4n) is 5.92. The van der Waals surface area contributed by atoms with Gasteiger partial charge >= 0.3 is 0 Å². The molecule has 27 heavy (non-hydrogen) atoms. The molecule has 0 aliphatic heterocycles. The summed E-state index contributed by atoms with van der Waals surface area (Å²) in [4.78, 5) is 16.7. The lowest BCUT2D eigenvalue weighted by atomic mass is 9.53. The number of carbonyl (C=O) groups is 1. The van der Waals surface area contributed by atoms with Crippen LogP contribution in [0.3, 0.4) is 0 Å². The number of hydrogen-bond donors (Lipinski definition) is 2. The Hall–Kier alpha value is -2.43. The van der Waals surface area contributed by atoms with Crippen molar-refractivity contribution in [3.8, 4) is 0 Å². The van der Waals surface area contributed by atoms with Gasteiger partial charge in [-0.05, 0) is 80.5 Å². The van der Waals surface area contributed by atoms with E-state index in [0.717, 1.165) is 23.6 Å². The van der Waals surface area contributed by atoms with Crippen LogP contribution < -0.4 is 10.6 Å². The summed E-state index contributed by atoms with van der Waals surface area (Å²) in [5.74, 6) is 2.51. The van der Waals surface area contributed by atoms with Crippen molar-refractivity contribution in [1.82, 2.24) is 4.98 Å². The van der Waals surface area contributed by atoms with Gasteiger partial charge in [-0.25, -0.2) is 9.37 Å². The van der Waals surface area contributed by atoms with Gasteiger partial charge in [-0.15, -0.1) is 0 Å². The highest BCUT2D eigenvalue weighted by Crippen LogP contribution is 2.56. The molecule has 4 aliphatic rings. The van der Waals surface area contributed by atoms with Gasteiger partial charge in [0.1, 0.15) is 11.6 Å². The maximum absolute atomic E-state index is 13.7. The van der Waals surface area contributed by atoms with Crippen LogP contribution in [0.2, 0.25) is 0 Å². The smallest absolute Gasteiger partial charge is 0.258 e. The van der Waals surface area contributed by atoms with Crippen LogP contribution in [-0.4, -0.2) is 16.4 Å². The molecule has 4 saturated carbocycles. The largest absolute Gasteiger partial charge is 0.365 e. The quantitative estimate of drug-likeness (QED) is 0.814. The minimum absolute atomic E-state index is 0.0354. The first kappa shape index (κ1) is 16.7. The molecule has 2 aromatic rings. The highest BCUT2D eigenvalue weighted by Gasteiger charge is 2.51.